The molecule has 8 heteroatoms. The highest BCUT2D eigenvalue weighted by Gasteiger charge is 2.10. The fraction of sp³-hybridized carbons (Fsp3) is 0.263. The molecule has 0 saturated heterocycles. The van der Waals surface area contributed by atoms with Crippen LogP contribution in [0.4, 0.5) is 9.18 Å². The van der Waals surface area contributed by atoms with Crippen molar-refractivity contribution in [3.8, 4) is 5.75 Å². The highest BCUT2D eigenvalue weighted by atomic mass is 35.5. The standard InChI is InChI=1S/C19H21ClFN3O3/c1-24(9-10-27-17-4-2-3-15(20)11-17)18(25)13-23-19(26)22-12-14-5-7-16(21)8-6-14/h2-8,11H,9-10,12-13H2,1H3,(H2,22,23,26). The maximum Gasteiger partial charge on any atom is 0.315 e. The third-order valence-electron chi connectivity index (χ3n) is 3.68. The Kier molecular flexibility index (Phi) is 7.88. The van der Waals surface area contributed by atoms with E-state index in [0.717, 1.165) is 5.56 Å². The normalized spacial score (nSPS) is 10.2. The number of hydrogen-bond donors (Lipinski definition) is 2. The molecule has 2 aromatic carbocycles. The third-order valence-corrected chi connectivity index (χ3v) is 3.92. The summed E-state index contributed by atoms with van der Waals surface area (Å²) in [7, 11) is 1.63. The number of nitrogens with one attached hydrogen (secondary N) is 2. The lowest BCUT2D eigenvalue weighted by molar-refractivity contribution is -0.129. The summed E-state index contributed by atoms with van der Waals surface area (Å²) in [5.74, 6) is 0.0412. The number of carbonyl (C=O) groups is 2. The SMILES string of the molecule is CN(CCOc1cccc(Cl)c1)C(=O)CNC(=O)NCc1ccc(F)cc1. The number of rotatable bonds is 8. The minimum atomic E-state index is -0.476. The topological polar surface area (TPSA) is 70.7 Å². The van der Waals surface area contributed by atoms with E-state index in [4.69, 9.17) is 16.3 Å². The zero-order valence-corrected chi connectivity index (χ0v) is 15.6. The fourth-order valence-corrected chi connectivity index (χ4v) is 2.30. The average molecular weight is 394 g/mol. The third kappa shape index (κ3) is 7.53. The van der Waals surface area contributed by atoms with Gasteiger partial charge >= 0.3 is 6.03 Å². The smallest absolute Gasteiger partial charge is 0.315 e. The second-order valence-electron chi connectivity index (χ2n) is 5.78. The van der Waals surface area contributed by atoms with Gasteiger partial charge in [0.15, 0.2) is 0 Å². The summed E-state index contributed by atoms with van der Waals surface area (Å²) in [6, 6.07) is 12.3. The molecular formula is C19H21ClFN3O3. The number of urea groups is 1. The Bertz CT molecular complexity index is 771. The molecule has 0 saturated carbocycles. The molecule has 0 aromatic heterocycles. The van der Waals surface area contributed by atoms with Crippen LogP contribution in [0.1, 0.15) is 5.56 Å². The minimum Gasteiger partial charge on any atom is -0.492 e. The van der Waals surface area contributed by atoms with Crippen molar-refractivity contribution in [1.29, 1.82) is 0 Å². The maximum absolute atomic E-state index is 12.8. The molecule has 0 heterocycles. The molecule has 3 amide bonds. The number of benzene rings is 2. The van der Waals surface area contributed by atoms with Gasteiger partial charge in [-0.05, 0) is 35.9 Å². The Morgan fingerprint density at radius 2 is 1.89 bits per heavy atom. The number of likely N-dealkylation sites (N-methyl/N-ethyl adjacent to an activating group) is 1. The number of halogens is 2. The van der Waals surface area contributed by atoms with Crippen LogP contribution in [0.2, 0.25) is 5.02 Å². The van der Waals surface area contributed by atoms with Gasteiger partial charge in [0.25, 0.3) is 0 Å². The van der Waals surface area contributed by atoms with Crippen LogP contribution >= 0.6 is 11.6 Å². The summed E-state index contributed by atoms with van der Waals surface area (Å²) in [6.45, 7) is 0.774. The summed E-state index contributed by atoms with van der Waals surface area (Å²) in [5, 5.41) is 5.67. The van der Waals surface area contributed by atoms with E-state index in [9.17, 15) is 14.0 Å². The largest absolute Gasteiger partial charge is 0.492 e. The van der Waals surface area contributed by atoms with E-state index in [1.54, 1.807) is 43.4 Å². The summed E-state index contributed by atoms with van der Waals surface area (Å²) >= 11 is 5.87. The van der Waals surface area contributed by atoms with Crippen molar-refractivity contribution >= 4 is 23.5 Å². The van der Waals surface area contributed by atoms with Crippen LogP contribution in [0.3, 0.4) is 0 Å². The fourth-order valence-electron chi connectivity index (χ4n) is 2.12. The maximum atomic E-state index is 12.8. The predicted octanol–water partition coefficient (Wildman–Crippen LogP) is 2.82. The average Bonchev–Trinajstić information content (AvgIpc) is 2.65. The van der Waals surface area contributed by atoms with Gasteiger partial charge in [0.1, 0.15) is 18.2 Å². The number of carbonyl (C=O) groups excluding carboxylic acids is 2. The lowest BCUT2D eigenvalue weighted by Gasteiger charge is -2.18. The highest BCUT2D eigenvalue weighted by molar-refractivity contribution is 6.30. The van der Waals surface area contributed by atoms with Crippen LogP contribution in [0.25, 0.3) is 0 Å². The quantitative estimate of drug-likeness (QED) is 0.724. The van der Waals surface area contributed by atoms with Gasteiger partial charge in [0.2, 0.25) is 5.91 Å². The Morgan fingerprint density at radius 1 is 1.15 bits per heavy atom. The molecule has 0 radical (unpaired) electrons. The zero-order chi connectivity index (χ0) is 19.6. The Labute approximate surface area is 162 Å². The van der Waals surface area contributed by atoms with Gasteiger partial charge < -0.3 is 20.3 Å². The first-order valence-electron chi connectivity index (χ1n) is 8.32. The molecule has 27 heavy (non-hydrogen) atoms. The van der Waals surface area contributed by atoms with Gasteiger partial charge in [0, 0.05) is 18.6 Å². The van der Waals surface area contributed by atoms with E-state index in [1.807, 2.05) is 0 Å². The van der Waals surface area contributed by atoms with E-state index in [1.165, 1.54) is 17.0 Å². The summed E-state index contributed by atoms with van der Waals surface area (Å²) in [6.07, 6.45) is 0. The number of nitrogens with zero attached hydrogens (tertiary/aromatic N) is 1. The van der Waals surface area contributed by atoms with Crippen LogP contribution in [-0.2, 0) is 11.3 Å². The molecule has 6 nitrogen and oxygen atoms in total. The molecular weight excluding hydrogens is 373 g/mol. The lowest BCUT2D eigenvalue weighted by Crippen LogP contribution is -2.43. The molecule has 0 fully saturated rings. The van der Waals surface area contributed by atoms with Crippen molar-refractivity contribution in [2.24, 2.45) is 0 Å². The first-order valence-corrected chi connectivity index (χ1v) is 8.70. The van der Waals surface area contributed by atoms with Gasteiger partial charge in [-0.1, -0.05) is 29.8 Å². The van der Waals surface area contributed by atoms with Gasteiger partial charge in [0.05, 0.1) is 13.1 Å². The predicted molar refractivity (Wildman–Crippen MR) is 101 cm³/mol. The molecule has 0 aliphatic heterocycles. The zero-order valence-electron chi connectivity index (χ0n) is 14.9. The Balaban J connectivity index is 1.63. The van der Waals surface area contributed by atoms with Crippen molar-refractivity contribution in [1.82, 2.24) is 15.5 Å². The van der Waals surface area contributed by atoms with E-state index in [0.29, 0.717) is 23.9 Å². The van der Waals surface area contributed by atoms with Crippen LogP contribution in [0.15, 0.2) is 48.5 Å². The van der Waals surface area contributed by atoms with Crippen LogP contribution in [0, 0.1) is 5.82 Å². The van der Waals surface area contributed by atoms with E-state index in [2.05, 4.69) is 10.6 Å². The van der Waals surface area contributed by atoms with Crippen molar-refractivity contribution in [3.63, 3.8) is 0 Å². The molecule has 2 N–H and O–H groups in total. The van der Waals surface area contributed by atoms with Crippen LogP contribution < -0.4 is 15.4 Å². The molecule has 0 atom stereocenters. The molecule has 0 bridgehead atoms. The van der Waals surface area contributed by atoms with Gasteiger partial charge in [-0.2, -0.15) is 0 Å². The first kappa shape index (κ1) is 20.5. The highest BCUT2D eigenvalue weighted by Crippen LogP contribution is 2.16. The van der Waals surface area contributed by atoms with Crippen LogP contribution in [-0.4, -0.2) is 43.6 Å². The minimum absolute atomic E-state index is 0.136. The van der Waals surface area contributed by atoms with Crippen molar-refractivity contribution in [2.75, 3.05) is 26.7 Å². The molecule has 0 unspecified atom stereocenters. The van der Waals surface area contributed by atoms with Gasteiger partial charge in [-0.15, -0.1) is 0 Å². The van der Waals surface area contributed by atoms with Crippen molar-refractivity contribution < 1.29 is 18.7 Å². The number of hydrogen-bond acceptors (Lipinski definition) is 3. The summed E-state index contributed by atoms with van der Waals surface area (Å²) in [4.78, 5) is 25.2. The molecule has 0 aliphatic rings. The molecule has 2 rings (SSSR count). The first-order chi connectivity index (χ1) is 12.9. The molecule has 0 aliphatic carbocycles. The van der Waals surface area contributed by atoms with Crippen LogP contribution in [0.5, 0.6) is 5.75 Å². The summed E-state index contributed by atoms with van der Waals surface area (Å²) in [5.41, 5.74) is 0.758. The molecule has 144 valence electrons. The summed E-state index contributed by atoms with van der Waals surface area (Å²) < 4.78 is 18.3. The van der Waals surface area contributed by atoms with E-state index >= 15 is 0 Å². The van der Waals surface area contributed by atoms with E-state index < -0.39 is 6.03 Å². The van der Waals surface area contributed by atoms with Crippen molar-refractivity contribution in [2.45, 2.75) is 6.54 Å². The van der Waals surface area contributed by atoms with E-state index in [-0.39, 0.29) is 24.8 Å². The molecule has 2 aromatic rings. The Morgan fingerprint density at radius 3 is 2.59 bits per heavy atom. The second kappa shape index (κ2) is 10.4. The Hall–Kier alpha value is -2.80. The van der Waals surface area contributed by atoms with Crippen molar-refractivity contribution in [3.05, 3.63) is 64.9 Å². The molecule has 0 spiro atoms. The second-order valence-corrected chi connectivity index (χ2v) is 6.22. The number of amides is 3. The monoisotopic (exact) mass is 393 g/mol. The van der Waals surface area contributed by atoms with Gasteiger partial charge in [-0.3, -0.25) is 4.79 Å². The van der Waals surface area contributed by atoms with Gasteiger partial charge in [-0.25, -0.2) is 9.18 Å². The lowest BCUT2D eigenvalue weighted by atomic mass is 10.2. The number of ether oxygens (including phenoxy) is 1.